The van der Waals surface area contributed by atoms with Gasteiger partial charge in [0.15, 0.2) is 0 Å². The first-order valence-electron chi connectivity index (χ1n) is 8.82. The van der Waals surface area contributed by atoms with E-state index in [2.05, 4.69) is 21.1 Å². The summed E-state index contributed by atoms with van der Waals surface area (Å²) in [6.07, 6.45) is 6.21. The van der Waals surface area contributed by atoms with E-state index in [0.29, 0.717) is 24.3 Å². The second-order valence-corrected chi connectivity index (χ2v) is 7.51. The number of anilines is 1. The van der Waals surface area contributed by atoms with Crippen LogP contribution >= 0.6 is 0 Å². The smallest absolute Gasteiger partial charge is 0.410 e. The summed E-state index contributed by atoms with van der Waals surface area (Å²) >= 11 is 0. The monoisotopic (exact) mass is 369 g/mol. The van der Waals surface area contributed by atoms with Crippen molar-refractivity contribution in [3.8, 4) is 17.3 Å². The van der Waals surface area contributed by atoms with E-state index >= 15 is 0 Å². The molecular formula is C18H23N7O2. The first-order valence-corrected chi connectivity index (χ1v) is 8.82. The van der Waals surface area contributed by atoms with Crippen LogP contribution in [-0.4, -0.2) is 49.4 Å². The summed E-state index contributed by atoms with van der Waals surface area (Å²) in [7, 11) is 0. The van der Waals surface area contributed by atoms with E-state index in [1.54, 1.807) is 11.1 Å². The number of nitrogens with zero attached hydrogens (tertiary/aromatic N) is 6. The maximum Gasteiger partial charge on any atom is 0.410 e. The summed E-state index contributed by atoms with van der Waals surface area (Å²) in [5.74, 6) is 0.113. The zero-order valence-electron chi connectivity index (χ0n) is 15.7. The van der Waals surface area contributed by atoms with Crippen molar-refractivity contribution in [1.82, 2.24) is 24.6 Å². The van der Waals surface area contributed by atoms with Crippen molar-refractivity contribution in [2.24, 2.45) is 0 Å². The molecule has 27 heavy (non-hydrogen) atoms. The molecule has 9 nitrogen and oxygen atoms in total. The number of nitrogen functional groups attached to an aromatic ring is 1. The molecular weight excluding hydrogens is 346 g/mol. The molecule has 2 N–H and O–H groups in total. The average molecular weight is 369 g/mol. The highest BCUT2D eigenvalue weighted by Crippen LogP contribution is 2.27. The molecule has 0 saturated carbocycles. The topological polar surface area (TPSA) is 123 Å². The minimum atomic E-state index is -0.497. The van der Waals surface area contributed by atoms with Gasteiger partial charge in [-0.1, -0.05) is 0 Å². The minimum Gasteiger partial charge on any atom is -0.444 e. The van der Waals surface area contributed by atoms with Crippen molar-refractivity contribution in [1.29, 1.82) is 5.26 Å². The zero-order chi connectivity index (χ0) is 19.6. The molecule has 142 valence electrons. The van der Waals surface area contributed by atoms with Crippen LogP contribution in [0.2, 0.25) is 0 Å². The SMILES string of the molecule is CC(C)(C)OC(=O)N1CCC(n2cc(-c3nc(N)ncc3C#N)cn2)CC1. The Labute approximate surface area is 157 Å². The molecule has 1 saturated heterocycles. The fourth-order valence-corrected chi connectivity index (χ4v) is 3.00. The van der Waals surface area contributed by atoms with Gasteiger partial charge in [-0.3, -0.25) is 4.68 Å². The highest BCUT2D eigenvalue weighted by atomic mass is 16.6. The molecule has 3 heterocycles. The number of rotatable bonds is 2. The molecule has 1 aliphatic heterocycles. The number of hydrogen-bond donors (Lipinski definition) is 1. The third-order valence-corrected chi connectivity index (χ3v) is 4.29. The van der Waals surface area contributed by atoms with E-state index in [9.17, 15) is 10.1 Å². The molecule has 1 fully saturated rings. The van der Waals surface area contributed by atoms with Crippen LogP contribution in [0.4, 0.5) is 10.7 Å². The molecule has 0 atom stereocenters. The summed E-state index contributed by atoms with van der Waals surface area (Å²) in [4.78, 5) is 21.9. The van der Waals surface area contributed by atoms with E-state index in [-0.39, 0.29) is 18.1 Å². The molecule has 3 rings (SSSR count). The fourth-order valence-electron chi connectivity index (χ4n) is 3.00. The number of piperidine rings is 1. The number of ether oxygens (including phenoxy) is 1. The van der Waals surface area contributed by atoms with Crippen molar-refractivity contribution in [3.63, 3.8) is 0 Å². The summed E-state index contributed by atoms with van der Waals surface area (Å²) in [5, 5.41) is 13.7. The molecule has 0 aromatic carbocycles. The quantitative estimate of drug-likeness (QED) is 0.862. The normalized spacial score (nSPS) is 15.4. The van der Waals surface area contributed by atoms with Crippen molar-refractivity contribution < 1.29 is 9.53 Å². The number of nitriles is 1. The van der Waals surface area contributed by atoms with Gasteiger partial charge in [0.05, 0.1) is 29.7 Å². The Morgan fingerprint density at radius 3 is 2.67 bits per heavy atom. The first kappa shape index (κ1) is 18.6. The highest BCUT2D eigenvalue weighted by Gasteiger charge is 2.28. The Morgan fingerprint density at radius 1 is 1.33 bits per heavy atom. The van der Waals surface area contributed by atoms with Crippen LogP contribution in [0.15, 0.2) is 18.6 Å². The van der Waals surface area contributed by atoms with Crippen LogP contribution in [0.3, 0.4) is 0 Å². The lowest BCUT2D eigenvalue weighted by molar-refractivity contribution is 0.0185. The number of likely N-dealkylation sites (tertiary alicyclic amines) is 1. The van der Waals surface area contributed by atoms with Gasteiger partial charge in [0, 0.05) is 24.8 Å². The molecule has 2 aromatic rings. The van der Waals surface area contributed by atoms with Gasteiger partial charge < -0.3 is 15.4 Å². The van der Waals surface area contributed by atoms with Gasteiger partial charge in [-0.15, -0.1) is 0 Å². The van der Waals surface area contributed by atoms with Gasteiger partial charge in [-0.2, -0.15) is 10.4 Å². The molecule has 9 heteroatoms. The van der Waals surface area contributed by atoms with Crippen LogP contribution in [0.25, 0.3) is 11.3 Å². The fraction of sp³-hybridized carbons (Fsp3) is 0.500. The number of hydrogen-bond acceptors (Lipinski definition) is 7. The van der Waals surface area contributed by atoms with E-state index in [1.807, 2.05) is 31.6 Å². The molecule has 0 bridgehead atoms. The van der Waals surface area contributed by atoms with E-state index in [4.69, 9.17) is 10.5 Å². The number of carbonyl (C=O) groups excluding carboxylic acids is 1. The number of nitrogens with two attached hydrogens (primary N) is 1. The largest absolute Gasteiger partial charge is 0.444 e. The molecule has 0 unspecified atom stereocenters. The lowest BCUT2D eigenvalue weighted by Crippen LogP contribution is -2.42. The maximum atomic E-state index is 12.2. The molecule has 2 aromatic heterocycles. The molecule has 0 spiro atoms. The van der Waals surface area contributed by atoms with Crippen LogP contribution in [0.5, 0.6) is 0 Å². The summed E-state index contributed by atoms with van der Waals surface area (Å²) in [6, 6.07) is 2.24. The van der Waals surface area contributed by atoms with Gasteiger partial charge in [0.2, 0.25) is 5.95 Å². The Morgan fingerprint density at radius 2 is 2.04 bits per heavy atom. The van der Waals surface area contributed by atoms with E-state index < -0.39 is 5.60 Å². The Balaban J connectivity index is 1.68. The number of amides is 1. The molecule has 1 aliphatic rings. The third kappa shape index (κ3) is 4.34. The highest BCUT2D eigenvalue weighted by molar-refractivity contribution is 5.68. The number of carbonyl (C=O) groups is 1. The summed E-state index contributed by atoms with van der Waals surface area (Å²) < 4.78 is 7.29. The molecule has 1 amide bonds. The summed E-state index contributed by atoms with van der Waals surface area (Å²) in [5.41, 5.74) is 6.69. The minimum absolute atomic E-state index is 0.113. The zero-order valence-corrected chi connectivity index (χ0v) is 15.7. The van der Waals surface area contributed by atoms with Crippen LogP contribution in [-0.2, 0) is 4.74 Å². The van der Waals surface area contributed by atoms with Crippen LogP contribution in [0.1, 0.15) is 45.2 Å². The first-order chi connectivity index (χ1) is 12.8. The van der Waals surface area contributed by atoms with Gasteiger partial charge in [-0.25, -0.2) is 14.8 Å². The van der Waals surface area contributed by atoms with Gasteiger partial charge in [-0.05, 0) is 33.6 Å². The summed E-state index contributed by atoms with van der Waals surface area (Å²) in [6.45, 7) is 6.80. The van der Waals surface area contributed by atoms with Crippen molar-refractivity contribution in [2.75, 3.05) is 18.8 Å². The Kier molecular flexibility index (Phi) is 4.99. The van der Waals surface area contributed by atoms with Gasteiger partial charge in [0.1, 0.15) is 11.7 Å². The second-order valence-electron chi connectivity index (χ2n) is 7.51. The van der Waals surface area contributed by atoms with E-state index in [0.717, 1.165) is 18.4 Å². The molecule has 0 aliphatic carbocycles. The third-order valence-electron chi connectivity index (χ3n) is 4.29. The van der Waals surface area contributed by atoms with E-state index in [1.165, 1.54) is 6.20 Å². The Bertz CT molecular complexity index is 871. The average Bonchev–Trinajstić information content (AvgIpc) is 3.10. The standard InChI is InChI=1S/C18H23N7O2/c1-18(2,3)27-17(26)24-6-4-14(5-7-24)25-11-13(10-22-25)15-12(8-19)9-21-16(20)23-15/h9-11,14H,4-7H2,1-3H3,(H2,20,21,23). The second kappa shape index (κ2) is 7.23. The van der Waals surface area contributed by atoms with Crippen molar-refractivity contribution in [2.45, 2.75) is 45.3 Å². The predicted octanol–water partition coefficient (Wildman–Crippen LogP) is 2.37. The van der Waals surface area contributed by atoms with Gasteiger partial charge >= 0.3 is 6.09 Å². The molecule has 0 radical (unpaired) electrons. The lowest BCUT2D eigenvalue weighted by atomic mass is 10.1. The van der Waals surface area contributed by atoms with Gasteiger partial charge in [0.25, 0.3) is 0 Å². The Hall–Kier alpha value is -3.15. The number of aromatic nitrogens is 4. The van der Waals surface area contributed by atoms with Crippen LogP contribution < -0.4 is 5.73 Å². The van der Waals surface area contributed by atoms with Crippen molar-refractivity contribution >= 4 is 12.0 Å². The predicted molar refractivity (Wildman–Crippen MR) is 98.5 cm³/mol. The van der Waals surface area contributed by atoms with Crippen LogP contribution in [0, 0.1) is 11.3 Å². The lowest BCUT2D eigenvalue weighted by Gasteiger charge is -2.33. The maximum absolute atomic E-state index is 12.2. The van der Waals surface area contributed by atoms with Crippen molar-refractivity contribution in [3.05, 3.63) is 24.2 Å².